The number of carbonyl (C=O) groups is 2. The summed E-state index contributed by atoms with van der Waals surface area (Å²) in [7, 11) is 0. The SMILES string of the molecule is C=CCn1c(C)cc(C(=O)CN2CCC(NC(=O)NC3CCCCC3)CC2)c1C. The van der Waals surface area contributed by atoms with Crippen LogP contribution >= 0.6 is 0 Å². The summed E-state index contributed by atoms with van der Waals surface area (Å²) >= 11 is 0. The molecule has 3 rings (SSSR count). The summed E-state index contributed by atoms with van der Waals surface area (Å²) in [6.45, 7) is 10.7. The third-order valence-corrected chi connectivity index (χ3v) is 6.42. The third-order valence-electron chi connectivity index (χ3n) is 6.42. The van der Waals surface area contributed by atoms with E-state index in [-0.39, 0.29) is 17.9 Å². The Morgan fingerprint density at radius 3 is 2.31 bits per heavy atom. The number of urea groups is 1. The Balaban J connectivity index is 1.43. The van der Waals surface area contributed by atoms with Crippen LogP contribution in [0.25, 0.3) is 0 Å². The number of aromatic nitrogens is 1. The summed E-state index contributed by atoms with van der Waals surface area (Å²) in [6.07, 6.45) is 9.55. The molecule has 2 amide bonds. The zero-order valence-electron chi connectivity index (χ0n) is 18.0. The van der Waals surface area contributed by atoms with Crippen LogP contribution in [0.2, 0.25) is 0 Å². The van der Waals surface area contributed by atoms with E-state index in [2.05, 4.69) is 26.7 Å². The Hall–Kier alpha value is -2.08. The number of rotatable bonds is 7. The van der Waals surface area contributed by atoms with E-state index in [1.165, 1.54) is 19.3 Å². The van der Waals surface area contributed by atoms with Crippen molar-refractivity contribution in [2.45, 2.75) is 77.4 Å². The van der Waals surface area contributed by atoms with Gasteiger partial charge in [0.1, 0.15) is 0 Å². The van der Waals surface area contributed by atoms with Gasteiger partial charge in [-0.3, -0.25) is 9.69 Å². The number of hydrogen-bond acceptors (Lipinski definition) is 3. The molecule has 0 spiro atoms. The second-order valence-corrected chi connectivity index (χ2v) is 8.61. The van der Waals surface area contributed by atoms with Crippen molar-refractivity contribution in [3.63, 3.8) is 0 Å². The molecule has 0 aromatic carbocycles. The molecule has 6 nitrogen and oxygen atoms in total. The lowest BCUT2D eigenvalue weighted by Gasteiger charge is -2.32. The lowest BCUT2D eigenvalue weighted by atomic mass is 9.96. The first kappa shape index (κ1) is 21.6. The van der Waals surface area contributed by atoms with Gasteiger partial charge in [0.2, 0.25) is 0 Å². The minimum Gasteiger partial charge on any atom is -0.345 e. The maximum Gasteiger partial charge on any atom is 0.315 e. The monoisotopic (exact) mass is 400 g/mol. The maximum atomic E-state index is 12.8. The zero-order chi connectivity index (χ0) is 20.8. The Morgan fingerprint density at radius 2 is 1.69 bits per heavy atom. The van der Waals surface area contributed by atoms with Crippen LogP contribution in [0.3, 0.4) is 0 Å². The Bertz CT molecular complexity index is 725. The van der Waals surface area contributed by atoms with Crippen LogP contribution in [0.5, 0.6) is 0 Å². The molecule has 2 fully saturated rings. The molecule has 1 aliphatic heterocycles. The van der Waals surface area contributed by atoms with Gasteiger partial charge >= 0.3 is 6.03 Å². The smallest absolute Gasteiger partial charge is 0.315 e. The standard InChI is InChI=1S/C23H36N4O2/c1-4-12-27-17(2)15-21(18(27)3)22(28)16-26-13-10-20(11-14-26)25-23(29)24-19-8-6-5-7-9-19/h4,15,19-20H,1,5-14,16H2,2-3H3,(H2,24,25,29). The molecule has 1 saturated carbocycles. The van der Waals surface area contributed by atoms with Gasteiger partial charge in [0, 0.05) is 48.7 Å². The largest absolute Gasteiger partial charge is 0.345 e. The molecule has 0 unspecified atom stereocenters. The first-order chi connectivity index (χ1) is 14.0. The van der Waals surface area contributed by atoms with Gasteiger partial charge in [-0.05, 0) is 45.6 Å². The van der Waals surface area contributed by atoms with Gasteiger partial charge in [-0.25, -0.2) is 4.79 Å². The lowest BCUT2D eigenvalue weighted by Crippen LogP contribution is -2.50. The molecule has 1 aliphatic carbocycles. The fourth-order valence-electron chi connectivity index (χ4n) is 4.68. The highest BCUT2D eigenvalue weighted by molar-refractivity contribution is 5.99. The van der Waals surface area contributed by atoms with Crippen molar-refractivity contribution >= 4 is 11.8 Å². The summed E-state index contributed by atoms with van der Waals surface area (Å²) in [4.78, 5) is 27.3. The second kappa shape index (κ2) is 10.1. The molecule has 0 bridgehead atoms. The Kier molecular flexibility index (Phi) is 7.53. The van der Waals surface area contributed by atoms with E-state index in [1.54, 1.807) is 0 Å². The van der Waals surface area contributed by atoms with E-state index in [0.29, 0.717) is 12.6 Å². The van der Waals surface area contributed by atoms with Crippen LogP contribution < -0.4 is 10.6 Å². The molecule has 1 aromatic rings. The van der Waals surface area contributed by atoms with Crippen molar-refractivity contribution in [3.05, 3.63) is 35.7 Å². The molecular formula is C23H36N4O2. The normalized spacial score (nSPS) is 19.1. The molecule has 0 atom stereocenters. The highest BCUT2D eigenvalue weighted by Gasteiger charge is 2.25. The number of Topliss-reactive ketones (excluding diaryl/α,β-unsaturated/α-hetero) is 1. The summed E-state index contributed by atoms with van der Waals surface area (Å²) < 4.78 is 2.13. The number of nitrogens with one attached hydrogen (secondary N) is 2. The first-order valence-electron chi connectivity index (χ1n) is 11.1. The summed E-state index contributed by atoms with van der Waals surface area (Å²) in [5.74, 6) is 0.176. The van der Waals surface area contributed by atoms with Crippen molar-refractivity contribution in [1.82, 2.24) is 20.1 Å². The third kappa shape index (κ3) is 5.72. The van der Waals surface area contributed by atoms with E-state index >= 15 is 0 Å². The van der Waals surface area contributed by atoms with Gasteiger partial charge < -0.3 is 15.2 Å². The van der Waals surface area contributed by atoms with Crippen molar-refractivity contribution in [1.29, 1.82) is 0 Å². The van der Waals surface area contributed by atoms with Crippen LogP contribution in [0.1, 0.15) is 66.7 Å². The topological polar surface area (TPSA) is 66.4 Å². The first-order valence-corrected chi connectivity index (χ1v) is 11.1. The number of allylic oxidation sites excluding steroid dienone is 1. The molecule has 2 aliphatic rings. The number of nitrogens with zero attached hydrogens (tertiary/aromatic N) is 2. The van der Waals surface area contributed by atoms with Crippen molar-refractivity contribution < 1.29 is 9.59 Å². The average Bonchev–Trinajstić information content (AvgIpc) is 2.99. The lowest BCUT2D eigenvalue weighted by molar-refractivity contribution is 0.0904. The summed E-state index contributed by atoms with van der Waals surface area (Å²) in [5, 5.41) is 6.26. The van der Waals surface area contributed by atoms with Crippen LogP contribution in [0, 0.1) is 13.8 Å². The number of likely N-dealkylation sites (tertiary alicyclic amines) is 1. The number of piperidine rings is 1. The van der Waals surface area contributed by atoms with E-state index in [1.807, 2.05) is 26.0 Å². The molecule has 0 radical (unpaired) electrons. The molecule has 2 N–H and O–H groups in total. The number of hydrogen-bond donors (Lipinski definition) is 2. The highest BCUT2D eigenvalue weighted by atomic mass is 16.2. The second-order valence-electron chi connectivity index (χ2n) is 8.61. The van der Waals surface area contributed by atoms with Gasteiger partial charge in [-0.15, -0.1) is 6.58 Å². The van der Waals surface area contributed by atoms with Crippen LogP contribution in [0.4, 0.5) is 4.79 Å². The fraction of sp³-hybridized carbons (Fsp3) is 0.652. The minimum atomic E-state index is -0.0268. The van der Waals surface area contributed by atoms with E-state index < -0.39 is 0 Å². The molecular weight excluding hydrogens is 364 g/mol. The summed E-state index contributed by atoms with van der Waals surface area (Å²) in [5.41, 5.74) is 2.93. The predicted octanol–water partition coefficient (Wildman–Crippen LogP) is 3.57. The molecule has 160 valence electrons. The molecule has 1 saturated heterocycles. The van der Waals surface area contributed by atoms with Gasteiger partial charge in [-0.2, -0.15) is 0 Å². The highest BCUT2D eigenvalue weighted by Crippen LogP contribution is 2.19. The molecule has 1 aromatic heterocycles. The van der Waals surface area contributed by atoms with Crippen LogP contribution in [0.15, 0.2) is 18.7 Å². The average molecular weight is 401 g/mol. The van der Waals surface area contributed by atoms with Gasteiger partial charge in [-0.1, -0.05) is 25.3 Å². The Morgan fingerprint density at radius 1 is 1.07 bits per heavy atom. The van der Waals surface area contributed by atoms with E-state index in [0.717, 1.165) is 62.3 Å². The van der Waals surface area contributed by atoms with Gasteiger partial charge in [0.25, 0.3) is 0 Å². The fourth-order valence-corrected chi connectivity index (χ4v) is 4.68. The molecule has 29 heavy (non-hydrogen) atoms. The van der Waals surface area contributed by atoms with Crippen molar-refractivity contribution in [3.8, 4) is 0 Å². The van der Waals surface area contributed by atoms with Crippen molar-refractivity contribution in [2.75, 3.05) is 19.6 Å². The minimum absolute atomic E-state index is 0.0268. The van der Waals surface area contributed by atoms with Crippen molar-refractivity contribution in [2.24, 2.45) is 0 Å². The predicted molar refractivity (Wildman–Crippen MR) is 116 cm³/mol. The number of aryl methyl sites for hydroxylation is 1. The molecule has 6 heteroatoms. The molecule has 2 heterocycles. The van der Waals surface area contributed by atoms with Crippen LogP contribution in [-0.4, -0.2) is 53.0 Å². The number of carbonyl (C=O) groups excluding carboxylic acids is 2. The maximum absolute atomic E-state index is 12.8. The van der Waals surface area contributed by atoms with Crippen LogP contribution in [-0.2, 0) is 6.54 Å². The number of amides is 2. The number of ketones is 1. The Labute approximate surface area is 174 Å². The summed E-state index contributed by atoms with van der Waals surface area (Å²) in [6, 6.07) is 2.50. The van der Waals surface area contributed by atoms with Gasteiger partial charge in [0.15, 0.2) is 5.78 Å². The van der Waals surface area contributed by atoms with E-state index in [4.69, 9.17) is 0 Å². The quantitative estimate of drug-likeness (QED) is 0.543. The van der Waals surface area contributed by atoms with Gasteiger partial charge in [0.05, 0.1) is 6.54 Å². The zero-order valence-corrected chi connectivity index (χ0v) is 18.0. The van der Waals surface area contributed by atoms with E-state index in [9.17, 15) is 9.59 Å².